The molecule has 0 atom stereocenters. The first-order valence-corrected chi connectivity index (χ1v) is 11.3. The van der Waals surface area contributed by atoms with E-state index in [1.807, 2.05) is 22.4 Å². The van der Waals surface area contributed by atoms with Crippen molar-refractivity contribution in [1.82, 2.24) is 9.88 Å². The van der Waals surface area contributed by atoms with Gasteiger partial charge in [0.2, 0.25) is 6.79 Å². The SMILES string of the molecule is Cc1cc(C)cc(OCc2nc(CN(C(=O)c3ccc4c(c3)OCO4)C3CC3)cs2)c1. The minimum Gasteiger partial charge on any atom is -0.486 e. The number of thiazole rings is 1. The summed E-state index contributed by atoms with van der Waals surface area (Å²) in [6.07, 6.45) is 2.06. The number of fused-ring (bicyclic) bond motifs is 1. The third-order valence-corrected chi connectivity index (χ3v) is 6.23. The van der Waals surface area contributed by atoms with E-state index in [1.54, 1.807) is 29.5 Å². The molecule has 1 amide bonds. The maximum absolute atomic E-state index is 13.2. The lowest BCUT2D eigenvalue weighted by Gasteiger charge is -2.21. The van der Waals surface area contributed by atoms with Crippen molar-refractivity contribution in [2.24, 2.45) is 0 Å². The lowest BCUT2D eigenvalue weighted by molar-refractivity contribution is 0.0727. The van der Waals surface area contributed by atoms with Crippen molar-refractivity contribution < 1.29 is 19.0 Å². The van der Waals surface area contributed by atoms with Crippen molar-refractivity contribution >= 4 is 17.2 Å². The van der Waals surface area contributed by atoms with Gasteiger partial charge in [-0.25, -0.2) is 4.98 Å². The Bertz CT molecular complexity index is 1100. The summed E-state index contributed by atoms with van der Waals surface area (Å²) in [5.41, 5.74) is 3.86. The summed E-state index contributed by atoms with van der Waals surface area (Å²) in [4.78, 5) is 19.8. The molecule has 160 valence electrons. The van der Waals surface area contributed by atoms with Crippen molar-refractivity contribution in [3.05, 3.63) is 69.2 Å². The average Bonchev–Trinajstić information content (AvgIpc) is 3.30. The van der Waals surface area contributed by atoms with Gasteiger partial charge in [-0.15, -0.1) is 11.3 Å². The number of hydrogen-bond donors (Lipinski definition) is 0. The van der Waals surface area contributed by atoms with Crippen LogP contribution in [-0.4, -0.2) is 28.6 Å². The van der Waals surface area contributed by atoms with Gasteiger partial charge in [-0.2, -0.15) is 0 Å². The van der Waals surface area contributed by atoms with E-state index in [2.05, 4.69) is 19.9 Å². The van der Waals surface area contributed by atoms with Crippen molar-refractivity contribution in [2.45, 2.75) is 45.9 Å². The van der Waals surface area contributed by atoms with Gasteiger partial charge in [0, 0.05) is 17.0 Å². The zero-order valence-corrected chi connectivity index (χ0v) is 18.4. The standard InChI is InChI=1S/C24H24N2O4S/c1-15-7-16(2)9-20(8-15)28-12-23-25-18(13-31-23)11-26(19-4-5-19)24(27)17-3-6-21-22(10-17)30-14-29-21/h3,6-10,13,19H,4-5,11-12,14H2,1-2H3. The van der Waals surface area contributed by atoms with Gasteiger partial charge in [0.15, 0.2) is 11.5 Å². The first-order valence-electron chi connectivity index (χ1n) is 10.4. The van der Waals surface area contributed by atoms with Crippen LogP contribution in [0.4, 0.5) is 0 Å². The molecule has 1 fully saturated rings. The molecule has 2 heterocycles. The highest BCUT2D eigenvalue weighted by atomic mass is 32.1. The average molecular weight is 437 g/mol. The molecule has 0 spiro atoms. The molecule has 2 aromatic carbocycles. The van der Waals surface area contributed by atoms with Crippen molar-refractivity contribution in [3.63, 3.8) is 0 Å². The lowest BCUT2D eigenvalue weighted by Crippen LogP contribution is -2.32. The van der Waals surface area contributed by atoms with Crippen molar-refractivity contribution in [2.75, 3.05) is 6.79 Å². The number of aromatic nitrogens is 1. The molecule has 2 aliphatic rings. The van der Waals surface area contributed by atoms with Crippen molar-refractivity contribution in [3.8, 4) is 17.2 Å². The van der Waals surface area contributed by atoms with E-state index in [0.29, 0.717) is 30.2 Å². The van der Waals surface area contributed by atoms with E-state index < -0.39 is 0 Å². The number of aryl methyl sites for hydroxylation is 2. The summed E-state index contributed by atoms with van der Waals surface area (Å²) in [6.45, 7) is 5.24. The normalized spacial score (nSPS) is 14.5. The Morgan fingerprint density at radius 2 is 1.90 bits per heavy atom. The zero-order chi connectivity index (χ0) is 21.4. The van der Waals surface area contributed by atoms with Crippen LogP contribution in [0.2, 0.25) is 0 Å². The molecule has 6 nitrogen and oxygen atoms in total. The van der Waals surface area contributed by atoms with Crippen LogP contribution in [0.1, 0.15) is 45.0 Å². The Hall–Kier alpha value is -3.06. The Morgan fingerprint density at radius 3 is 2.68 bits per heavy atom. The number of benzene rings is 2. The summed E-state index contributed by atoms with van der Waals surface area (Å²) in [5.74, 6) is 2.16. The van der Waals surface area contributed by atoms with Crippen molar-refractivity contribution in [1.29, 1.82) is 0 Å². The monoisotopic (exact) mass is 436 g/mol. The zero-order valence-electron chi connectivity index (χ0n) is 17.6. The number of carbonyl (C=O) groups excluding carboxylic acids is 1. The fourth-order valence-corrected chi connectivity index (χ4v) is 4.47. The van der Waals surface area contributed by atoms with Crippen LogP contribution < -0.4 is 14.2 Å². The number of hydrogen-bond acceptors (Lipinski definition) is 6. The summed E-state index contributed by atoms with van der Waals surface area (Å²) >= 11 is 1.56. The summed E-state index contributed by atoms with van der Waals surface area (Å²) in [5, 5.41) is 2.92. The number of nitrogens with zero attached hydrogens (tertiary/aromatic N) is 2. The van der Waals surface area contributed by atoms with Crippen LogP contribution in [0.25, 0.3) is 0 Å². The van der Waals surface area contributed by atoms with E-state index in [-0.39, 0.29) is 18.7 Å². The fourth-order valence-electron chi connectivity index (χ4n) is 3.77. The number of rotatable bonds is 7. The second-order valence-electron chi connectivity index (χ2n) is 8.08. The maximum atomic E-state index is 13.2. The molecule has 0 saturated heterocycles. The first kappa shape index (κ1) is 19.9. The minimum atomic E-state index is 0.00170. The van der Waals surface area contributed by atoms with Crippen LogP contribution in [0.15, 0.2) is 41.8 Å². The van der Waals surface area contributed by atoms with Crippen LogP contribution in [0, 0.1) is 13.8 Å². The summed E-state index contributed by atoms with van der Waals surface area (Å²) in [6, 6.07) is 11.8. The molecule has 0 unspecified atom stereocenters. The second-order valence-corrected chi connectivity index (χ2v) is 9.02. The molecule has 0 N–H and O–H groups in total. The molecule has 1 aliphatic carbocycles. The summed E-state index contributed by atoms with van der Waals surface area (Å²) in [7, 11) is 0. The number of amides is 1. The third kappa shape index (κ3) is 4.51. The quantitative estimate of drug-likeness (QED) is 0.529. The topological polar surface area (TPSA) is 60.9 Å². The number of ether oxygens (including phenoxy) is 3. The lowest BCUT2D eigenvalue weighted by atomic mass is 10.1. The van der Waals surface area contributed by atoms with Gasteiger partial charge in [-0.1, -0.05) is 6.07 Å². The predicted octanol–water partition coefficient (Wildman–Crippen LogP) is 4.87. The molecular formula is C24H24N2O4S. The molecule has 1 saturated carbocycles. The Labute approximate surface area is 185 Å². The van der Waals surface area contributed by atoms with Gasteiger partial charge in [-0.05, 0) is 68.1 Å². The molecule has 7 heteroatoms. The van der Waals surface area contributed by atoms with Gasteiger partial charge in [-0.3, -0.25) is 4.79 Å². The largest absolute Gasteiger partial charge is 0.486 e. The van der Waals surface area contributed by atoms with Crippen LogP contribution in [-0.2, 0) is 13.2 Å². The van der Waals surface area contributed by atoms with E-state index in [0.717, 1.165) is 29.3 Å². The molecule has 5 rings (SSSR count). The van der Waals surface area contributed by atoms with Crippen LogP contribution in [0.3, 0.4) is 0 Å². The third-order valence-electron chi connectivity index (χ3n) is 5.36. The van der Waals surface area contributed by atoms with Gasteiger partial charge >= 0.3 is 0 Å². The van der Waals surface area contributed by atoms with Gasteiger partial charge in [0.25, 0.3) is 5.91 Å². The van der Waals surface area contributed by atoms with Crippen LogP contribution >= 0.6 is 11.3 Å². The highest BCUT2D eigenvalue weighted by Gasteiger charge is 2.34. The Kier molecular flexibility index (Phi) is 5.28. The molecule has 31 heavy (non-hydrogen) atoms. The molecule has 0 bridgehead atoms. The molecule has 1 aliphatic heterocycles. The van der Waals surface area contributed by atoms with E-state index in [4.69, 9.17) is 19.2 Å². The molecule has 3 aromatic rings. The van der Waals surface area contributed by atoms with Gasteiger partial charge < -0.3 is 19.1 Å². The van der Waals surface area contributed by atoms with Gasteiger partial charge in [0.05, 0.1) is 12.2 Å². The molecule has 0 radical (unpaired) electrons. The Morgan fingerprint density at radius 1 is 1.13 bits per heavy atom. The van der Waals surface area contributed by atoms with E-state index in [9.17, 15) is 4.79 Å². The van der Waals surface area contributed by atoms with E-state index in [1.165, 1.54) is 11.1 Å². The Balaban J connectivity index is 1.26. The second kappa shape index (κ2) is 8.23. The molecule has 1 aromatic heterocycles. The smallest absolute Gasteiger partial charge is 0.254 e. The maximum Gasteiger partial charge on any atom is 0.254 e. The van der Waals surface area contributed by atoms with E-state index >= 15 is 0 Å². The first-order chi connectivity index (χ1) is 15.0. The minimum absolute atomic E-state index is 0.00170. The van der Waals surface area contributed by atoms with Gasteiger partial charge in [0.1, 0.15) is 17.4 Å². The summed E-state index contributed by atoms with van der Waals surface area (Å²) < 4.78 is 16.7. The molecular weight excluding hydrogens is 412 g/mol. The number of carbonyl (C=O) groups is 1. The fraction of sp³-hybridized carbons (Fsp3) is 0.333. The predicted molar refractivity (Wildman–Crippen MR) is 118 cm³/mol. The highest BCUT2D eigenvalue weighted by molar-refractivity contribution is 7.09. The van der Waals surface area contributed by atoms with Crippen LogP contribution in [0.5, 0.6) is 17.2 Å². The highest BCUT2D eigenvalue weighted by Crippen LogP contribution is 2.35.